The van der Waals surface area contributed by atoms with Crippen molar-refractivity contribution in [2.75, 3.05) is 26.2 Å². The molecule has 1 aromatic carbocycles. The van der Waals surface area contributed by atoms with E-state index in [2.05, 4.69) is 62.2 Å². The highest BCUT2D eigenvalue weighted by Crippen LogP contribution is 2.38. The Morgan fingerprint density at radius 3 is 2.20 bits per heavy atom. The van der Waals surface area contributed by atoms with Gasteiger partial charge in [-0.2, -0.15) is 0 Å². The molecule has 0 saturated carbocycles. The maximum Gasteiger partial charge on any atom is 0.0397 e. The first-order valence-electron chi connectivity index (χ1n) is 7.00. The third kappa shape index (κ3) is 4.92. The van der Waals surface area contributed by atoms with Gasteiger partial charge in [-0.25, -0.2) is 0 Å². The summed E-state index contributed by atoms with van der Waals surface area (Å²) in [6, 6.07) is 9.51. The lowest BCUT2D eigenvalue weighted by Crippen LogP contribution is -2.48. The van der Waals surface area contributed by atoms with E-state index >= 15 is 0 Å². The van der Waals surface area contributed by atoms with Crippen molar-refractivity contribution in [3.8, 4) is 0 Å². The molecule has 1 aliphatic rings. The van der Waals surface area contributed by atoms with Crippen LogP contribution < -0.4 is 5.32 Å². The topological polar surface area (TPSA) is 15.3 Å². The van der Waals surface area contributed by atoms with Gasteiger partial charge in [0.2, 0.25) is 0 Å². The SMILES string of the molecule is Cc1cccc([C@H](N2CCNCC2)C(C)(C)C)c1.Cl.Cl. The third-order valence-corrected chi connectivity index (χ3v) is 3.69. The van der Waals surface area contributed by atoms with Crippen LogP contribution in [0.25, 0.3) is 0 Å². The van der Waals surface area contributed by atoms with Crippen molar-refractivity contribution in [2.45, 2.75) is 33.7 Å². The highest BCUT2D eigenvalue weighted by Gasteiger charge is 2.32. The predicted molar refractivity (Wildman–Crippen MR) is 92.3 cm³/mol. The van der Waals surface area contributed by atoms with Gasteiger partial charge in [0.15, 0.2) is 0 Å². The third-order valence-electron chi connectivity index (χ3n) is 3.69. The molecule has 1 aliphatic heterocycles. The van der Waals surface area contributed by atoms with Crippen molar-refractivity contribution in [2.24, 2.45) is 5.41 Å². The van der Waals surface area contributed by atoms with Crippen LogP contribution in [0.4, 0.5) is 0 Å². The largest absolute Gasteiger partial charge is 0.314 e. The van der Waals surface area contributed by atoms with Gasteiger partial charge in [-0.15, -0.1) is 24.8 Å². The molecule has 1 atom stereocenters. The van der Waals surface area contributed by atoms with E-state index in [0.717, 1.165) is 26.2 Å². The summed E-state index contributed by atoms with van der Waals surface area (Å²) >= 11 is 0. The van der Waals surface area contributed by atoms with Crippen LogP contribution in [0.5, 0.6) is 0 Å². The Labute approximate surface area is 136 Å². The van der Waals surface area contributed by atoms with Crippen molar-refractivity contribution in [3.63, 3.8) is 0 Å². The minimum absolute atomic E-state index is 0. The van der Waals surface area contributed by atoms with Crippen LogP contribution in [-0.4, -0.2) is 31.1 Å². The minimum atomic E-state index is 0. The average molecular weight is 319 g/mol. The smallest absolute Gasteiger partial charge is 0.0397 e. The zero-order chi connectivity index (χ0) is 13.2. The fraction of sp³-hybridized carbons (Fsp3) is 0.625. The Balaban J connectivity index is 0.00000180. The van der Waals surface area contributed by atoms with Crippen molar-refractivity contribution < 1.29 is 0 Å². The number of aryl methyl sites for hydroxylation is 1. The summed E-state index contributed by atoms with van der Waals surface area (Å²) < 4.78 is 0. The molecule has 116 valence electrons. The molecule has 1 fully saturated rings. The summed E-state index contributed by atoms with van der Waals surface area (Å²) in [6.07, 6.45) is 0. The molecule has 0 amide bonds. The Hall–Kier alpha value is -0.280. The molecule has 2 nitrogen and oxygen atoms in total. The molecule has 0 unspecified atom stereocenters. The zero-order valence-corrected chi connectivity index (χ0v) is 14.6. The maximum atomic E-state index is 3.44. The van der Waals surface area contributed by atoms with E-state index in [1.807, 2.05) is 0 Å². The Bertz CT molecular complexity index is 396. The number of nitrogens with one attached hydrogen (secondary N) is 1. The first kappa shape index (κ1) is 19.7. The van der Waals surface area contributed by atoms with Crippen molar-refractivity contribution in [1.29, 1.82) is 0 Å². The van der Waals surface area contributed by atoms with E-state index in [1.165, 1.54) is 11.1 Å². The van der Waals surface area contributed by atoms with E-state index < -0.39 is 0 Å². The first-order valence-corrected chi connectivity index (χ1v) is 7.00. The Kier molecular flexibility index (Phi) is 8.12. The van der Waals surface area contributed by atoms with Gasteiger partial charge >= 0.3 is 0 Å². The number of benzene rings is 1. The highest BCUT2D eigenvalue weighted by molar-refractivity contribution is 5.85. The Morgan fingerprint density at radius 2 is 1.70 bits per heavy atom. The highest BCUT2D eigenvalue weighted by atomic mass is 35.5. The molecule has 0 aromatic heterocycles. The number of nitrogens with zero attached hydrogens (tertiary/aromatic N) is 1. The normalized spacial score (nSPS) is 17.8. The lowest BCUT2D eigenvalue weighted by molar-refractivity contribution is 0.0862. The summed E-state index contributed by atoms with van der Waals surface area (Å²) in [5.41, 5.74) is 3.09. The lowest BCUT2D eigenvalue weighted by atomic mass is 9.80. The maximum absolute atomic E-state index is 3.44. The van der Waals surface area contributed by atoms with Crippen LogP contribution in [0.15, 0.2) is 24.3 Å². The molecular formula is C16H28Cl2N2. The van der Waals surface area contributed by atoms with Crippen LogP contribution in [-0.2, 0) is 0 Å². The van der Waals surface area contributed by atoms with E-state index in [0.29, 0.717) is 6.04 Å². The fourth-order valence-electron chi connectivity index (χ4n) is 3.04. The first-order chi connectivity index (χ1) is 8.48. The second-order valence-corrected chi connectivity index (χ2v) is 6.47. The average Bonchev–Trinajstić information content (AvgIpc) is 2.28. The van der Waals surface area contributed by atoms with Gasteiger partial charge in [0.25, 0.3) is 0 Å². The van der Waals surface area contributed by atoms with E-state index in [1.54, 1.807) is 0 Å². The number of halogens is 2. The van der Waals surface area contributed by atoms with Gasteiger partial charge in [0.05, 0.1) is 0 Å². The lowest BCUT2D eigenvalue weighted by Gasteiger charge is -2.42. The van der Waals surface area contributed by atoms with E-state index in [4.69, 9.17) is 0 Å². The summed E-state index contributed by atoms with van der Waals surface area (Å²) in [5.74, 6) is 0. The number of hydrogen-bond acceptors (Lipinski definition) is 2. The van der Waals surface area contributed by atoms with Gasteiger partial charge in [-0.05, 0) is 17.9 Å². The Morgan fingerprint density at radius 1 is 1.10 bits per heavy atom. The van der Waals surface area contributed by atoms with Crippen LogP contribution in [0.3, 0.4) is 0 Å². The van der Waals surface area contributed by atoms with Crippen LogP contribution in [0, 0.1) is 12.3 Å². The second-order valence-electron chi connectivity index (χ2n) is 6.47. The van der Waals surface area contributed by atoms with Crippen LogP contribution in [0.1, 0.15) is 37.9 Å². The summed E-state index contributed by atoms with van der Waals surface area (Å²) in [6.45, 7) is 13.7. The molecule has 1 saturated heterocycles. The fourth-order valence-corrected chi connectivity index (χ4v) is 3.04. The van der Waals surface area contributed by atoms with Gasteiger partial charge < -0.3 is 5.32 Å². The zero-order valence-electron chi connectivity index (χ0n) is 13.0. The standard InChI is InChI=1S/C16H26N2.2ClH/c1-13-6-5-7-14(12-13)15(16(2,3)4)18-10-8-17-9-11-18;;/h5-7,12,15,17H,8-11H2,1-4H3;2*1H/t15-;;/m0../s1. The monoisotopic (exact) mass is 318 g/mol. The van der Waals surface area contributed by atoms with Crippen molar-refractivity contribution in [1.82, 2.24) is 10.2 Å². The quantitative estimate of drug-likeness (QED) is 0.891. The second kappa shape index (κ2) is 8.23. The molecular weight excluding hydrogens is 291 g/mol. The van der Waals surface area contributed by atoms with Gasteiger partial charge in [0.1, 0.15) is 0 Å². The van der Waals surface area contributed by atoms with Gasteiger partial charge in [-0.3, -0.25) is 4.90 Å². The predicted octanol–water partition coefficient (Wildman–Crippen LogP) is 3.83. The van der Waals surface area contributed by atoms with Crippen molar-refractivity contribution in [3.05, 3.63) is 35.4 Å². The minimum Gasteiger partial charge on any atom is -0.314 e. The van der Waals surface area contributed by atoms with E-state index in [-0.39, 0.29) is 30.2 Å². The number of piperazine rings is 1. The summed E-state index contributed by atoms with van der Waals surface area (Å²) in [5, 5.41) is 3.44. The molecule has 2 rings (SSSR count). The van der Waals surface area contributed by atoms with Crippen LogP contribution in [0.2, 0.25) is 0 Å². The number of rotatable bonds is 2. The molecule has 0 aliphatic carbocycles. The van der Waals surface area contributed by atoms with Gasteiger partial charge in [0, 0.05) is 32.2 Å². The summed E-state index contributed by atoms with van der Waals surface area (Å²) in [7, 11) is 0. The number of hydrogen-bond donors (Lipinski definition) is 1. The molecule has 20 heavy (non-hydrogen) atoms. The molecule has 0 bridgehead atoms. The molecule has 1 N–H and O–H groups in total. The molecule has 1 aromatic rings. The molecule has 1 heterocycles. The van der Waals surface area contributed by atoms with E-state index in [9.17, 15) is 0 Å². The summed E-state index contributed by atoms with van der Waals surface area (Å²) in [4.78, 5) is 2.63. The van der Waals surface area contributed by atoms with Crippen LogP contribution >= 0.6 is 24.8 Å². The molecule has 4 heteroatoms. The molecule has 0 radical (unpaired) electrons. The molecule has 0 spiro atoms. The van der Waals surface area contributed by atoms with Gasteiger partial charge in [-0.1, -0.05) is 50.6 Å². The van der Waals surface area contributed by atoms with Crippen molar-refractivity contribution >= 4 is 24.8 Å².